The number of sulfonamides is 1. The molecule has 3 rings (SSSR count). The molecule has 1 N–H and O–H groups in total. The van der Waals surface area contributed by atoms with Gasteiger partial charge in [0.15, 0.2) is 6.61 Å². The Morgan fingerprint density at radius 1 is 1.00 bits per heavy atom. The summed E-state index contributed by atoms with van der Waals surface area (Å²) in [5, 5.41) is 2.45. The molecule has 0 unspecified atom stereocenters. The number of ether oxygens (including phenoxy) is 2. The Kier molecular flexibility index (Phi) is 7.49. The fourth-order valence-electron chi connectivity index (χ4n) is 2.86. The van der Waals surface area contributed by atoms with E-state index in [1.165, 1.54) is 37.4 Å². The Hall–Kier alpha value is -3.66. The number of amides is 1. The minimum absolute atomic E-state index is 0.0877. The van der Waals surface area contributed by atoms with Crippen LogP contribution in [0.15, 0.2) is 77.7 Å². The minimum atomic E-state index is -3.73. The van der Waals surface area contributed by atoms with Crippen molar-refractivity contribution in [3.05, 3.63) is 78.4 Å². The molecule has 0 fully saturated rings. The predicted octanol–water partition coefficient (Wildman–Crippen LogP) is 4.44. The largest absolute Gasteiger partial charge is 0.484 e. The van der Waals surface area contributed by atoms with Crippen LogP contribution in [0.3, 0.4) is 0 Å². The van der Waals surface area contributed by atoms with Gasteiger partial charge in [-0.2, -0.15) is 8.78 Å². The molecule has 0 spiro atoms. The van der Waals surface area contributed by atoms with Crippen LogP contribution in [0.1, 0.15) is 5.56 Å². The molecule has 0 aliphatic carbocycles. The summed E-state index contributed by atoms with van der Waals surface area (Å²) in [5.74, 6) is -0.418. The van der Waals surface area contributed by atoms with Crippen molar-refractivity contribution in [2.24, 2.45) is 0 Å². The molecule has 0 saturated carbocycles. The van der Waals surface area contributed by atoms with Gasteiger partial charge < -0.3 is 14.8 Å². The van der Waals surface area contributed by atoms with E-state index in [0.29, 0.717) is 11.4 Å². The summed E-state index contributed by atoms with van der Waals surface area (Å²) in [7, 11) is -2.29. The Bertz CT molecular complexity index is 1200. The number of para-hydroxylation sites is 2. The molecule has 3 aromatic rings. The third-order valence-corrected chi connectivity index (χ3v) is 6.43. The van der Waals surface area contributed by atoms with Crippen LogP contribution in [0, 0.1) is 6.92 Å². The van der Waals surface area contributed by atoms with Gasteiger partial charge in [0.25, 0.3) is 15.9 Å². The van der Waals surface area contributed by atoms with Crippen molar-refractivity contribution in [2.45, 2.75) is 18.4 Å². The van der Waals surface area contributed by atoms with E-state index in [4.69, 9.17) is 4.74 Å². The van der Waals surface area contributed by atoms with Gasteiger partial charge >= 0.3 is 6.61 Å². The number of hydrogen-bond donors (Lipinski definition) is 1. The third-order valence-electron chi connectivity index (χ3n) is 4.63. The van der Waals surface area contributed by atoms with Crippen LogP contribution in [-0.4, -0.2) is 34.6 Å². The molecular formula is C23H22F2N2O5S. The molecule has 10 heteroatoms. The fraction of sp³-hybridized carbons (Fsp3) is 0.174. The average molecular weight is 477 g/mol. The fourth-order valence-corrected chi connectivity index (χ4v) is 4.06. The summed E-state index contributed by atoms with van der Waals surface area (Å²) < 4.78 is 61.5. The Balaban J connectivity index is 1.61. The van der Waals surface area contributed by atoms with Gasteiger partial charge in [0.2, 0.25) is 0 Å². The molecule has 174 valence electrons. The monoisotopic (exact) mass is 476 g/mol. The van der Waals surface area contributed by atoms with Gasteiger partial charge in [-0.1, -0.05) is 29.8 Å². The molecule has 0 saturated heterocycles. The first-order valence-corrected chi connectivity index (χ1v) is 11.2. The van der Waals surface area contributed by atoms with Crippen LogP contribution in [0.25, 0.3) is 0 Å². The number of carbonyl (C=O) groups is 1. The zero-order valence-corrected chi connectivity index (χ0v) is 18.7. The van der Waals surface area contributed by atoms with E-state index in [1.54, 1.807) is 42.5 Å². The molecule has 0 aliphatic heterocycles. The molecular weight excluding hydrogens is 454 g/mol. The zero-order chi connectivity index (χ0) is 24.0. The van der Waals surface area contributed by atoms with Crippen LogP contribution in [0.2, 0.25) is 0 Å². The van der Waals surface area contributed by atoms with E-state index in [2.05, 4.69) is 10.1 Å². The first-order chi connectivity index (χ1) is 15.7. The third kappa shape index (κ3) is 6.19. The van der Waals surface area contributed by atoms with Crippen molar-refractivity contribution in [3.63, 3.8) is 0 Å². The van der Waals surface area contributed by atoms with Crippen LogP contribution < -0.4 is 19.1 Å². The van der Waals surface area contributed by atoms with Gasteiger partial charge in [-0.25, -0.2) is 8.42 Å². The maximum Gasteiger partial charge on any atom is 0.387 e. The van der Waals surface area contributed by atoms with Crippen LogP contribution in [0.4, 0.5) is 20.2 Å². The number of anilines is 2. The molecule has 0 heterocycles. The van der Waals surface area contributed by atoms with Crippen molar-refractivity contribution >= 4 is 27.3 Å². The number of halogens is 2. The SMILES string of the molecule is Cc1ccc(S(=O)(=O)N(C)c2ccc(OCC(=O)Nc3ccccc3OC(F)F)cc2)cc1. The number of rotatable bonds is 9. The topological polar surface area (TPSA) is 84.9 Å². The maximum absolute atomic E-state index is 12.8. The van der Waals surface area contributed by atoms with Crippen molar-refractivity contribution in [1.82, 2.24) is 0 Å². The Morgan fingerprint density at radius 3 is 2.27 bits per heavy atom. The van der Waals surface area contributed by atoms with Gasteiger partial charge in [0.1, 0.15) is 11.5 Å². The Morgan fingerprint density at radius 2 is 1.64 bits per heavy atom. The van der Waals surface area contributed by atoms with E-state index >= 15 is 0 Å². The molecule has 0 bridgehead atoms. The molecule has 0 aromatic heterocycles. The minimum Gasteiger partial charge on any atom is -0.484 e. The highest BCUT2D eigenvalue weighted by molar-refractivity contribution is 7.92. The lowest BCUT2D eigenvalue weighted by atomic mass is 10.2. The van der Waals surface area contributed by atoms with Crippen molar-refractivity contribution in [2.75, 3.05) is 23.3 Å². The number of hydrogen-bond acceptors (Lipinski definition) is 5. The highest BCUT2D eigenvalue weighted by atomic mass is 32.2. The summed E-state index contributed by atoms with van der Waals surface area (Å²) in [4.78, 5) is 12.3. The van der Waals surface area contributed by atoms with E-state index in [9.17, 15) is 22.0 Å². The lowest BCUT2D eigenvalue weighted by molar-refractivity contribution is -0.118. The standard InChI is InChI=1S/C23H22F2N2O5S/c1-16-7-13-19(14-8-16)33(29,30)27(2)17-9-11-18(12-10-17)31-15-22(28)26-20-5-3-4-6-21(20)32-23(24)25/h3-14,23H,15H2,1-2H3,(H,26,28). The van der Waals surface area contributed by atoms with Crippen LogP contribution >= 0.6 is 0 Å². The average Bonchev–Trinajstić information content (AvgIpc) is 2.79. The van der Waals surface area contributed by atoms with Gasteiger partial charge in [-0.05, 0) is 55.5 Å². The number of carbonyl (C=O) groups excluding carboxylic acids is 1. The second kappa shape index (κ2) is 10.3. The Labute approximate surface area is 190 Å². The lowest BCUT2D eigenvalue weighted by Crippen LogP contribution is -2.26. The predicted molar refractivity (Wildman–Crippen MR) is 120 cm³/mol. The molecule has 0 atom stereocenters. The van der Waals surface area contributed by atoms with Gasteiger partial charge in [0.05, 0.1) is 16.3 Å². The first-order valence-electron chi connectivity index (χ1n) is 9.79. The second-order valence-electron chi connectivity index (χ2n) is 6.99. The van der Waals surface area contributed by atoms with Crippen LogP contribution in [0.5, 0.6) is 11.5 Å². The molecule has 3 aromatic carbocycles. The van der Waals surface area contributed by atoms with E-state index in [-0.39, 0.29) is 22.9 Å². The van der Waals surface area contributed by atoms with E-state index < -0.39 is 22.5 Å². The second-order valence-corrected chi connectivity index (χ2v) is 8.96. The quantitative estimate of drug-likeness (QED) is 0.494. The molecule has 1 amide bonds. The van der Waals surface area contributed by atoms with Gasteiger partial charge in [-0.3, -0.25) is 9.10 Å². The first kappa shape index (κ1) is 24.0. The van der Waals surface area contributed by atoms with E-state index in [0.717, 1.165) is 9.87 Å². The van der Waals surface area contributed by atoms with E-state index in [1.807, 2.05) is 6.92 Å². The molecule has 7 nitrogen and oxygen atoms in total. The summed E-state index contributed by atoms with van der Waals surface area (Å²) in [6.07, 6.45) is 0. The summed E-state index contributed by atoms with van der Waals surface area (Å²) >= 11 is 0. The van der Waals surface area contributed by atoms with Gasteiger partial charge in [-0.15, -0.1) is 0 Å². The summed E-state index contributed by atoms with van der Waals surface area (Å²) in [6, 6.07) is 18.5. The smallest absolute Gasteiger partial charge is 0.387 e. The summed E-state index contributed by atoms with van der Waals surface area (Å²) in [5.41, 5.74) is 1.45. The normalized spacial score (nSPS) is 11.2. The van der Waals surface area contributed by atoms with Gasteiger partial charge in [0, 0.05) is 7.05 Å². The number of nitrogens with one attached hydrogen (secondary N) is 1. The molecule has 0 radical (unpaired) electrons. The number of benzene rings is 3. The van der Waals surface area contributed by atoms with Crippen molar-refractivity contribution in [1.29, 1.82) is 0 Å². The highest BCUT2D eigenvalue weighted by Crippen LogP contribution is 2.26. The maximum atomic E-state index is 12.8. The number of alkyl halides is 2. The molecule has 33 heavy (non-hydrogen) atoms. The van der Waals surface area contributed by atoms with Crippen LogP contribution in [-0.2, 0) is 14.8 Å². The lowest BCUT2D eigenvalue weighted by Gasteiger charge is -2.20. The zero-order valence-electron chi connectivity index (χ0n) is 17.9. The summed E-state index contributed by atoms with van der Waals surface area (Å²) in [6.45, 7) is -1.54. The number of aryl methyl sites for hydroxylation is 1. The van der Waals surface area contributed by atoms with Crippen molar-refractivity contribution in [3.8, 4) is 11.5 Å². The van der Waals surface area contributed by atoms with Crippen molar-refractivity contribution < 1.29 is 31.5 Å². The highest BCUT2D eigenvalue weighted by Gasteiger charge is 2.21. The molecule has 0 aliphatic rings. The number of nitrogens with zero attached hydrogens (tertiary/aromatic N) is 1.